The molecule has 0 spiro atoms. The minimum absolute atomic E-state index is 0.0255. The Bertz CT molecular complexity index is 1210. The Morgan fingerprint density at radius 2 is 1.97 bits per heavy atom. The summed E-state index contributed by atoms with van der Waals surface area (Å²) in [5.41, 5.74) is -0.656. The number of hydrogen-bond acceptors (Lipinski definition) is 7. The van der Waals surface area contributed by atoms with Crippen LogP contribution in [0.1, 0.15) is 28.6 Å². The number of para-hydroxylation sites is 1. The van der Waals surface area contributed by atoms with E-state index in [2.05, 4.69) is 15.7 Å². The molecule has 1 atom stereocenters. The van der Waals surface area contributed by atoms with Crippen LogP contribution < -0.4 is 21.8 Å². The first-order valence-electron chi connectivity index (χ1n) is 10.2. The molecule has 2 heterocycles. The molecule has 1 amide bonds. The Hall–Kier alpha value is -3.53. The second-order valence-corrected chi connectivity index (χ2v) is 8.65. The highest BCUT2D eigenvalue weighted by Gasteiger charge is 2.21. The van der Waals surface area contributed by atoms with Gasteiger partial charge in [0.25, 0.3) is 17.0 Å². The van der Waals surface area contributed by atoms with Gasteiger partial charge in [0.2, 0.25) is 0 Å². The van der Waals surface area contributed by atoms with E-state index < -0.39 is 11.1 Å². The third-order valence-electron chi connectivity index (χ3n) is 5.07. The van der Waals surface area contributed by atoms with Crippen molar-refractivity contribution in [2.45, 2.75) is 25.8 Å². The molecular formula is C22H27N5O4S. The van der Waals surface area contributed by atoms with Gasteiger partial charge in [0, 0.05) is 38.5 Å². The fraction of sp³-hybridized carbons (Fsp3) is 0.318. The number of carbonyl (C=O) groups is 1. The highest BCUT2D eigenvalue weighted by Crippen LogP contribution is 2.31. The topological polar surface area (TPSA) is 119 Å². The molecule has 3 rings (SSSR count). The van der Waals surface area contributed by atoms with E-state index in [9.17, 15) is 19.5 Å². The second kappa shape index (κ2) is 9.73. The number of H-pyrrole nitrogens is 1. The number of hydrogen-bond donors (Lipinski definition) is 4. The normalized spacial score (nSPS) is 11.8. The van der Waals surface area contributed by atoms with Gasteiger partial charge in [-0.25, -0.2) is 0 Å². The molecule has 4 N–H and O–H groups in total. The molecular weight excluding hydrogens is 430 g/mol. The molecule has 3 aromatic rings. The molecule has 0 radical (unpaired) electrons. The van der Waals surface area contributed by atoms with Crippen LogP contribution in [0.5, 0.6) is 5.75 Å². The average Bonchev–Trinajstić information content (AvgIpc) is 3.27. The Morgan fingerprint density at radius 3 is 2.59 bits per heavy atom. The number of amides is 1. The number of anilines is 3. The summed E-state index contributed by atoms with van der Waals surface area (Å²) in [6.07, 6.45) is 1.42. The van der Waals surface area contributed by atoms with Crippen molar-refractivity contribution in [3.8, 4) is 5.75 Å². The molecule has 0 aliphatic rings. The maximum absolute atomic E-state index is 12.9. The van der Waals surface area contributed by atoms with E-state index in [1.165, 1.54) is 24.1 Å². The number of nitrogens with zero attached hydrogens (tertiary/aromatic N) is 2. The first-order chi connectivity index (χ1) is 15.2. The van der Waals surface area contributed by atoms with Crippen molar-refractivity contribution in [2.75, 3.05) is 24.7 Å². The van der Waals surface area contributed by atoms with Crippen LogP contribution >= 0.6 is 11.3 Å². The fourth-order valence-electron chi connectivity index (χ4n) is 3.27. The van der Waals surface area contributed by atoms with Gasteiger partial charge in [-0.1, -0.05) is 19.1 Å². The number of aromatic amines is 1. The molecule has 0 aliphatic heterocycles. The maximum atomic E-state index is 12.9. The lowest BCUT2D eigenvalue weighted by atomic mass is 10.1. The van der Waals surface area contributed by atoms with Gasteiger partial charge in [-0.15, -0.1) is 11.3 Å². The van der Waals surface area contributed by atoms with Crippen molar-refractivity contribution in [1.29, 1.82) is 0 Å². The van der Waals surface area contributed by atoms with Crippen molar-refractivity contribution in [2.24, 2.45) is 7.05 Å². The minimum atomic E-state index is -0.538. The van der Waals surface area contributed by atoms with Gasteiger partial charge in [-0.2, -0.15) is 0 Å². The molecule has 170 valence electrons. The first-order valence-corrected chi connectivity index (χ1v) is 11.0. The smallest absolute Gasteiger partial charge is 0.290 e. The van der Waals surface area contributed by atoms with Crippen LogP contribution in [0.15, 0.2) is 45.3 Å². The quantitative estimate of drug-likeness (QED) is 0.386. The van der Waals surface area contributed by atoms with Gasteiger partial charge in [-0.05, 0) is 30.0 Å². The number of phenols is 1. The first kappa shape index (κ1) is 23.1. The number of rotatable bonds is 8. The number of thiophene rings is 1. The Balaban J connectivity index is 2.02. The fourth-order valence-corrected chi connectivity index (χ4v) is 4.05. The molecule has 0 saturated carbocycles. The maximum Gasteiger partial charge on any atom is 0.290 e. The van der Waals surface area contributed by atoms with E-state index in [-0.39, 0.29) is 40.3 Å². The highest BCUT2D eigenvalue weighted by molar-refractivity contribution is 7.09. The van der Waals surface area contributed by atoms with E-state index in [0.29, 0.717) is 6.42 Å². The summed E-state index contributed by atoms with van der Waals surface area (Å²) in [5, 5.41) is 21.2. The van der Waals surface area contributed by atoms with Crippen molar-refractivity contribution in [3.63, 3.8) is 0 Å². The van der Waals surface area contributed by atoms with Crippen LogP contribution in [0.2, 0.25) is 0 Å². The van der Waals surface area contributed by atoms with E-state index in [1.807, 2.05) is 24.4 Å². The zero-order valence-corrected chi connectivity index (χ0v) is 19.2. The Kier molecular flexibility index (Phi) is 7.04. The van der Waals surface area contributed by atoms with Crippen LogP contribution in [0.4, 0.5) is 17.1 Å². The Labute approximate surface area is 189 Å². The lowest BCUT2D eigenvalue weighted by molar-refractivity contribution is 0.0824. The molecule has 1 aromatic carbocycles. The summed E-state index contributed by atoms with van der Waals surface area (Å²) in [6.45, 7) is 2.00. The van der Waals surface area contributed by atoms with Crippen LogP contribution in [-0.2, 0) is 13.5 Å². The van der Waals surface area contributed by atoms with Crippen molar-refractivity contribution in [3.05, 3.63) is 66.9 Å². The lowest BCUT2D eigenvalue weighted by Gasteiger charge is -2.21. The summed E-state index contributed by atoms with van der Waals surface area (Å²) in [5.74, 6) is -0.688. The van der Waals surface area contributed by atoms with Gasteiger partial charge in [0.05, 0.1) is 11.3 Å². The van der Waals surface area contributed by atoms with E-state index >= 15 is 0 Å². The number of carbonyl (C=O) groups excluding carboxylic acids is 1. The molecule has 10 heteroatoms. The predicted octanol–water partition coefficient (Wildman–Crippen LogP) is 2.72. The summed E-state index contributed by atoms with van der Waals surface area (Å²) in [4.78, 5) is 40.5. The largest absolute Gasteiger partial charge is 0.505 e. The van der Waals surface area contributed by atoms with Gasteiger partial charge in [0.1, 0.15) is 11.4 Å². The molecule has 0 aliphatic carbocycles. The van der Waals surface area contributed by atoms with Crippen LogP contribution in [-0.4, -0.2) is 45.8 Å². The lowest BCUT2D eigenvalue weighted by Crippen LogP contribution is -2.35. The van der Waals surface area contributed by atoms with Gasteiger partial charge < -0.3 is 20.6 Å². The zero-order valence-electron chi connectivity index (χ0n) is 18.4. The average molecular weight is 458 g/mol. The second-order valence-electron chi connectivity index (χ2n) is 7.61. The van der Waals surface area contributed by atoms with Gasteiger partial charge >= 0.3 is 0 Å². The number of benzene rings is 1. The minimum Gasteiger partial charge on any atom is -0.505 e. The van der Waals surface area contributed by atoms with Crippen molar-refractivity contribution >= 4 is 34.3 Å². The third kappa shape index (κ3) is 4.86. The zero-order chi connectivity index (χ0) is 23.4. The van der Waals surface area contributed by atoms with Gasteiger partial charge in [0.15, 0.2) is 5.75 Å². The molecule has 0 fully saturated rings. The van der Waals surface area contributed by atoms with Crippen molar-refractivity contribution < 1.29 is 9.90 Å². The summed E-state index contributed by atoms with van der Waals surface area (Å²) < 4.78 is 1.11. The molecule has 9 nitrogen and oxygen atoms in total. The standard InChI is InChI=1S/C22H27N5O4S/c1-5-13(12-14-8-7-11-32-14)23-18-17(20(29)25-27(4)22(18)31)24-16-10-6-9-15(19(16)28)21(30)26(2)3/h6-11,13,23-24,28H,5,12H2,1-4H3,(H,25,29)/t13-/m0/s1. The molecule has 0 bridgehead atoms. The molecule has 2 aromatic heterocycles. The SMILES string of the molecule is CC[C@@H](Cc1cccs1)Nc1c(Nc2cccc(C(=O)N(C)C)c2O)c(=O)[nH]n(C)c1=O. The van der Waals surface area contributed by atoms with E-state index in [1.54, 1.807) is 31.5 Å². The van der Waals surface area contributed by atoms with Crippen LogP contribution in [0.25, 0.3) is 0 Å². The van der Waals surface area contributed by atoms with Gasteiger partial charge in [-0.3, -0.25) is 24.2 Å². The number of aryl methyl sites for hydroxylation is 1. The highest BCUT2D eigenvalue weighted by atomic mass is 32.1. The summed E-state index contributed by atoms with van der Waals surface area (Å²) >= 11 is 1.63. The number of nitrogens with one attached hydrogen (secondary N) is 3. The summed E-state index contributed by atoms with van der Waals surface area (Å²) in [7, 11) is 4.62. The Morgan fingerprint density at radius 1 is 1.22 bits per heavy atom. The van der Waals surface area contributed by atoms with Crippen LogP contribution in [0.3, 0.4) is 0 Å². The molecule has 0 saturated heterocycles. The monoisotopic (exact) mass is 457 g/mol. The molecule has 32 heavy (non-hydrogen) atoms. The van der Waals surface area contributed by atoms with E-state index in [0.717, 1.165) is 16.0 Å². The predicted molar refractivity (Wildman–Crippen MR) is 127 cm³/mol. The number of aromatic nitrogens is 2. The van der Waals surface area contributed by atoms with Crippen LogP contribution in [0, 0.1) is 0 Å². The number of phenolic OH excluding ortho intramolecular Hbond substituents is 1. The number of aromatic hydroxyl groups is 1. The van der Waals surface area contributed by atoms with Crippen molar-refractivity contribution in [1.82, 2.24) is 14.7 Å². The molecule has 0 unspecified atom stereocenters. The summed E-state index contributed by atoms with van der Waals surface area (Å²) in [6, 6.07) is 8.52. The van der Waals surface area contributed by atoms with E-state index in [4.69, 9.17) is 0 Å². The third-order valence-corrected chi connectivity index (χ3v) is 5.96.